The van der Waals surface area contributed by atoms with Crippen molar-refractivity contribution in [2.45, 2.75) is 26.7 Å². The molecule has 0 saturated carbocycles. The smallest absolute Gasteiger partial charge is 0.155 e. The zero-order chi connectivity index (χ0) is 7.28. The predicted molar refractivity (Wildman–Crippen MR) is 37.9 cm³/mol. The molecule has 1 nitrogen and oxygen atoms in total. The van der Waals surface area contributed by atoms with Gasteiger partial charge in [-0.3, -0.25) is 4.79 Å². The third-order valence-electron chi connectivity index (χ3n) is 1.15. The quantitative estimate of drug-likeness (QED) is 0.525. The molecule has 0 aliphatic heterocycles. The molecule has 0 aliphatic carbocycles. The Labute approximate surface area is 56.8 Å². The topological polar surface area (TPSA) is 17.1 Å². The van der Waals surface area contributed by atoms with Gasteiger partial charge < -0.3 is 0 Å². The van der Waals surface area contributed by atoms with Gasteiger partial charge in [0.15, 0.2) is 5.78 Å². The van der Waals surface area contributed by atoms with Gasteiger partial charge in [0.1, 0.15) is 0 Å². The van der Waals surface area contributed by atoms with E-state index in [0.29, 0.717) is 12.3 Å². The Morgan fingerprint density at radius 3 is 2.56 bits per heavy atom. The number of carbonyl (C=O) groups is 1. The third kappa shape index (κ3) is 5.28. The van der Waals surface area contributed by atoms with Crippen molar-refractivity contribution in [1.82, 2.24) is 0 Å². The summed E-state index contributed by atoms with van der Waals surface area (Å²) < 4.78 is 0. The van der Waals surface area contributed by atoms with Gasteiger partial charge in [-0.2, -0.15) is 0 Å². The molecular weight excluding hydrogens is 112 g/mol. The average molecular weight is 125 g/mol. The Hall–Kier alpha value is -0.590. The Morgan fingerprint density at radius 1 is 1.67 bits per heavy atom. The Bertz CT molecular complexity index is 103. The van der Waals surface area contributed by atoms with E-state index in [0.717, 1.165) is 12.5 Å². The van der Waals surface area contributed by atoms with Gasteiger partial charge in [-0.25, -0.2) is 0 Å². The summed E-state index contributed by atoms with van der Waals surface area (Å²) in [6.07, 6.45) is 2.67. The summed E-state index contributed by atoms with van der Waals surface area (Å²) >= 11 is 0. The SMILES string of the molecule is [CH]=CC(=O)CCC(C)C. The van der Waals surface area contributed by atoms with Gasteiger partial charge in [0.25, 0.3) is 0 Å². The normalized spacial score (nSPS) is 9.67. The molecule has 1 radical (unpaired) electrons. The van der Waals surface area contributed by atoms with Crippen LogP contribution in [0.2, 0.25) is 0 Å². The van der Waals surface area contributed by atoms with Crippen molar-refractivity contribution >= 4 is 5.78 Å². The van der Waals surface area contributed by atoms with Crippen molar-refractivity contribution in [2.75, 3.05) is 0 Å². The minimum atomic E-state index is 0.0451. The van der Waals surface area contributed by atoms with E-state index >= 15 is 0 Å². The van der Waals surface area contributed by atoms with E-state index < -0.39 is 0 Å². The fourth-order valence-electron chi connectivity index (χ4n) is 0.514. The molecule has 0 aromatic carbocycles. The van der Waals surface area contributed by atoms with E-state index in [-0.39, 0.29) is 5.78 Å². The van der Waals surface area contributed by atoms with Gasteiger partial charge in [-0.15, -0.1) is 0 Å². The molecule has 0 aliphatic rings. The molecule has 0 amide bonds. The lowest BCUT2D eigenvalue weighted by atomic mass is 10.1. The van der Waals surface area contributed by atoms with E-state index in [1.165, 1.54) is 0 Å². The Balaban J connectivity index is 3.27. The standard InChI is InChI=1S/C8H13O/c1-4-8(9)6-5-7(2)3/h1,4,7H,5-6H2,2-3H3. The fourth-order valence-corrected chi connectivity index (χ4v) is 0.514. The van der Waals surface area contributed by atoms with Gasteiger partial charge in [-0.05, 0) is 18.4 Å². The summed E-state index contributed by atoms with van der Waals surface area (Å²) in [5.74, 6) is 0.637. The molecule has 0 aromatic rings. The number of carbonyl (C=O) groups excluding carboxylic acids is 1. The van der Waals surface area contributed by atoms with Crippen LogP contribution in [0.1, 0.15) is 26.7 Å². The molecule has 0 aromatic heterocycles. The molecular formula is C8H13O. The van der Waals surface area contributed by atoms with Gasteiger partial charge >= 0.3 is 0 Å². The maximum atomic E-state index is 10.5. The number of hydrogen-bond acceptors (Lipinski definition) is 1. The van der Waals surface area contributed by atoms with Crippen molar-refractivity contribution in [3.05, 3.63) is 12.7 Å². The molecule has 0 N–H and O–H groups in total. The second-order valence-corrected chi connectivity index (χ2v) is 2.57. The summed E-state index contributed by atoms with van der Waals surface area (Å²) in [7, 11) is 0. The summed E-state index contributed by atoms with van der Waals surface area (Å²) in [6, 6.07) is 0. The van der Waals surface area contributed by atoms with E-state index in [2.05, 4.69) is 13.8 Å². The van der Waals surface area contributed by atoms with Gasteiger partial charge in [0.2, 0.25) is 0 Å². The van der Waals surface area contributed by atoms with Crippen molar-refractivity contribution in [3.8, 4) is 0 Å². The summed E-state index contributed by atoms with van der Waals surface area (Å²) in [4.78, 5) is 10.5. The van der Waals surface area contributed by atoms with Gasteiger partial charge in [-0.1, -0.05) is 20.4 Å². The zero-order valence-corrected chi connectivity index (χ0v) is 6.05. The van der Waals surface area contributed by atoms with Crippen LogP contribution >= 0.6 is 0 Å². The first-order chi connectivity index (χ1) is 4.16. The van der Waals surface area contributed by atoms with Crippen LogP contribution in [-0.2, 0) is 4.79 Å². The summed E-state index contributed by atoms with van der Waals surface area (Å²) in [5.41, 5.74) is 0. The lowest BCUT2D eigenvalue weighted by Gasteiger charge is -1.99. The van der Waals surface area contributed by atoms with Crippen LogP contribution in [0.3, 0.4) is 0 Å². The van der Waals surface area contributed by atoms with Crippen LogP contribution < -0.4 is 0 Å². The van der Waals surface area contributed by atoms with Gasteiger partial charge in [0.05, 0.1) is 0 Å². The minimum absolute atomic E-state index is 0.0451. The highest BCUT2D eigenvalue weighted by Gasteiger charge is 1.97. The van der Waals surface area contributed by atoms with Crippen molar-refractivity contribution in [1.29, 1.82) is 0 Å². The highest BCUT2D eigenvalue weighted by molar-refractivity contribution is 5.88. The summed E-state index contributed by atoms with van der Waals surface area (Å²) in [6.45, 7) is 9.16. The van der Waals surface area contributed by atoms with Crippen LogP contribution in [0.25, 0.3) is 0 Å². The molecule has 0 spiro atoms. The lowest BCUT2D eigenvalue weighted by Crippen LogP contribution is -1.95. The molecule has 0 bridgehead atoms. The first kappa shape index (κ1) is 8.41. The maximum Gasteiger partial charge on any atom is 0.155 e. The van der Waals surface area contributed by atoms with Crippen molar-refractivity contribution < 1.29 is 4.79 Å². The second-order valence-electron chi connectivity index (χ2n) is 2.57. The minimum Gasteiger partial charge on any atom is -0.295 e. The van der Waals surface area contributed by atoms with E-state index in [1.807, 2.05) is 0 Å². The van der Waals surface area contributed by atoms with Crippen molar-refractivity contribution in [2.24, 2.45) is 5.92 Å². The van der Waals surface area contributed by atoms with Crippen molar-refractivity contribution in [3.63, 3.8) is 0 Å². The van der Waals surface area contributed by atoms with Crippen LogP contribution in [-0.4, -0.2) is 5.78 Å². The lowest BCUT2D eigenvalue weighted by molar-refractivity contribution is -0.114. The number of rotatable bonds is 4. The molecule has 0 fully saturated rings. The molecule has 9 heavy (non-hydrogen) atoms. The zero-order valence-electron chi connectivity index (χ0n) is 6.05. The van der Waals surface area contributed by atoms with Crippen LogP contribution in [0, 0.1) is 12.5 Å². The monoisotopic (exact) mass is 125 g/mol. The summed E-state index contributed by atoms with van der Waals surface area (Å²) in [5, 5.41) is 0. The average Bonchev–Trinajstić information content (AvgIpc) is 1.83. The molecule has 0 unspecified atom stereocenters. The second kappa shape index (κ2) is 4.30. The predicted octanol–water partition coefficient (Wildman–Crippen LogP) is 1.98. The van der Waals surface area contributed by atoms with Crippen LogP contribution in [0.4, 0.5) is 0 Å². The van der Waals surface area contributed by atoms with E-state index in [4.69, 9.17) is 6.58 Å². The molecule has 51 valence electrons. The number of hydrogen-bond donors (Lipinski definition) is 0. The van der Waals surface area contributed by atoms with Crippen LogP contribution in [0.15, 0.2) is 6.08 Å². The number of ketones is 1. The molecule has 0 heterocycles. The first-order valence-corrected chi connectivity index (χ1v) is 3.24. The Morgan fingerprint density at radius 2 is 2.22 bits per heavy atom. The largest absolute Gasteiger partial charge is 0.295 e. The molecule has 1 heteroatoms. The maximum absolute atomic E-state index is 10.5. The number of allylic oxidation sites excluding steroid dienone is 1. The third-order valence-corrected chi connectivity index (χ3v) is 1.15. The van der Waals surface area contributed by atoms with E-state index in [9.17, 15) is 4.79 Å². The van der Waals surface area contributed by atoms with E-state index in [1.54, 1.807) is 0 Å². The highest BCUT2D eigenvalue weighted by atomic mass is 16.1. The highest BCUT2D eigenvalue weighted by Crippen LogP contribution is 2.03. The molecule has 0 atom stereocenters. The van der Waals surface area contributed by atoms with Gasteiger partial charge in [0, 0.05) is 6.42 Å². The van der Waals surface area contributed by atoms with Crippen LogP contribution in [0.5, 0.6) is 0 Å². The molecule has 0 saturated heterocycles. The fraction of sp³-hybridized carbons (Fsp3) is 0.625. The molecule has 0 rings (SSSR count). The Kier molecular flexibility index (Phi) is 4.02. The first-order valence-electron chi connectivity index (χ1n) is 3.24.